The summed E-state index contributed by atoms with van der Waals surface area (Å²) in [6.07, 6.45) is 4.81. The van der Waals surface area contributed by atoms with Crippen molar-refractivity contribution < 1.29 is 9.53 Å². The summed E-state index contributed by atoms with van der Waals surface area (Å²) in [4.78, 5) is 29.1. The van der Waals surface area contributed by atoms with Gasteiger partial charge in [-0.1, -0.05) is 6.07 Å². The van der Waals surface area contributed by atoms with Gasteiger partial charge in [-0.05, 0) is 38.1 Å². The zero-order valence-electron chi connectivity index (χ0n) is 14.2. The van der Waals surface area contributed by atoms with Crippen LogP contribution in [0.4, 0.5) is 0 Å². The fourth-order valence-corrected chi connectivity index (χ4v) is 3.18. The monoisotopic (exact) mass is 366 g/mol. The van der Waals surface area contributed by atoms with Crippen LogP contribution in [0, 0.1) is 5.41 Å². The number of piperidine rings is 1. The Balaban J connectivity index is 0.00000225. The smallest absolute Gasteiger partial charge is 0.270 e. The Kier molecular flexibility index (Phi) is 6.52. The van der Waals surface area contributed by atoms with E-state index in [4.69, 9.17) is 4.74 Å². The van der Waals surface area contributed by atoms with Crippen LogP contribution in [0.5, 0.6) is 0 Å². The first-order valence-corrected chi connectivity index (χ1v) is 8.09. The van der Waals surface area contributed by atoms with Crippen molar-refractivity contribution in [3.8, 4) is 0 Å². The van der Waals surface area contributed by atoms with E-state index in [9.17, 15) is 9.59 Å². The Morgan fingerprint density at radius 3 is 2.88 bits per heavy atom. The van der Waals surface area contributed by atoms with Gasteiger partial charge in [0.1, 0.15) is 11.2 Å². The number of nitrogens with one attached hydrogen (secondary N) is 2. The first kappa shape index (κ1) is 19.4. The minimum Gasteiger partial charge on any atom is -0.384 e. The number of fused-ring (bicyclic) bond motifs is 1. The summed E-state index contributed by atoms with van der Waals surface area (Å²) in [6.45, 7) is 2.88. The maximum Gasteiger partial charge on any atom is 0.270 e. The van der Waals surface area contributed by atoms with Crippen LogP contribution in [0.15, 0.2) is 35.4 Å². The van der Waals surface area contributed by atoms with E-state index in [1.807, 2.05) is 0 Å². The molecule has 0 atom stereocenters. The minimum absolute atomic E-state index is 0. The molecule has 3 rings (SSSR count). The summed E-state index contributed by atoms with van der Waals surface area (Å²) >= 11 is 0. The maximum absolute atomic E-state index is 12.5. The highest BCUT2D eigenvalue weighted by atomic mass is 35.5. The van der Waals surface area contributed by atoms with E-state index in [-0.39, 0.29) is 34.9 Å². The van der Waals surface area contributed by atoms with Gasteiger partial charge in [-0.15, -0.1) is 12.4 Å². The van der Waals surface area contributed by atoms with E-state index in [0.29, 0.717) is 18.8 Å². The van der Waals surface area contributed by atoms with Gasteiger partial charge >= 0.3 is 0 Å². The van der Waals surface area contributed by atoms with E-state index in [1.54, 1.807) is 31.5 Å². The second-order valence-corrected chi connectivity index (χ2v) is 6.27. The molecule has 1 aliphatic rings. The predicted molar refractivity (Wildman–Crippen MR) is 97.5 cm³/mol. The van der Waals surface area contributed by atoms with Gasteiger partial charge in [0.05, 0.1) is 6.61 Å². The number of methoxy groups -OCH3 is 1. The topological polar surface area (TPSA) is 84.7 Å². The van der Waals surface area contributed by atoms with Crippen molar-refractivity contribution in [2.75, 3.05) is 33.4 Å². The molecule has 8 heteroatoms. The molecule has 136 valence electrons. The molecule has 0 unspecified atom stereocenters. The second-order valence-electron chi connectivity index (χ2n) is 6.27. The summed E-state index contributed by atoms with van der Waals surface area (Å²) < 4.78 is 6.73. The maximum atomic E-state index is 12.5. The molecule has 7 nitrogen and oxygen atoms in total. The molecule has 0 aromatic carbocycles. The number of halogens is 1. The van der Waals surface area contributed by atoms with Crippen molar-refractivity contribution in [3.05, 3.63) is 46.5 Å². The van der Waals surface area contributed by atoms with Crippen LogP contribution in [-0.4, -0.2) is 48.6 Å². The zero-order chi connectivity index (χ0) is 17.0. The van der Waals surface area contributed by atoms with Crippen LogP contribution in [-0.2, 0) is 4.74 Å². The molecule has 0 aliphatic carbocycles. The Hall–Kier alpha value is -1.96. The number of carbonyl (C=O) groups excluding carboxylic acids is 1. The molecule has 1 aliphatic heterocycles. The van der Waals surface area contributed by atoms with Crippen LogP contribution < -0.4 is 16.2 Å². The second kappa shape index (κ2) is 8.42. The Labute approximate surface area is 152 Å². The molecule has 2 aromatic rings. The average Bonchev–Trinajstić information content (AvgIpc) is 2.61. The summed E-state index contributed by atoms with van der Waals surface area (Å²) in [5.41, 5.74) is 0.133. The minimum atomic E-state index is -0.389. The molecule has 0 saturated carbocycles. The number of hydrogen-bond acceptors (Lipinski definition) is 5. The van der Waals surface area contributed by atoms with E-state index in [0.717, 1.165) is 25.9 Å². The van der Waals surface area contributed by atoms with Crippen molar-refractivity contribution in [1.29, 1.82) is 0 Å². The SMILES string of the molecule is COCC1(CNC(=O)c2cnc3ccccn3c2=O)CCNCC1.Cl. The quantitative estimate of drug-likeness (QED) is 0.820. The number of ether oxygens (including phenoxy) is 1. The molecular formula is C17H23ClN4O3. The lowest BCUT2D eigenvalue weighted by Gasteiger charge is -2.37. The normalized spacial score (nSPS) is 16.2. The summed E-state index contributed by atoms with van der Waals surface area (Å²) in [5.74, 6) is -0.389. The third-order valence-corrected chi connectivity index (χ3v) is 4.60. The average molecular weight is 367 g/mol. The van der Waals surface area contributed by atoms with Crippen molar-refractivity contribution in [3.63, 3.8) is 0 Å². The highest BCUT2D eigenvalue weighted by Crippen LogP contribution is 2.28. The third kappa shape index (κ3) is 4.18. The Morgan fingerprint density at radius 1 is 1.40 bits per heavy atom. The number of rotatable bonds is 5. The molecule has 1 saturated heterocycles. The molecule has 0 radical (unpaired) electrons. The Bertz CT molecular complexity index is 781. The molecular weight excluding hydrogens is 344 g/mol. The molecule has 0 bridgehead atoms. The lowest BCUT2D eigenvalue weighted by atomic mass is 9.79. The lowest BCUT2D eigenvalue weighted by molar-refractivity contribution is 0.0511. The van der Waals surface area contributed by atoms with Gasteiger partial charge in [-0.3, -0.25) is 14.0 Å². The molecule has 2 N–H and O–H groups in total. The molecule has 2 aromatic heterocycles. The summed E-state index contributed by atoms with van der Waals surface area (Å²) in [7, 11) is 1.67. The lowest BCUT2D eigenvalue weighted by Crippen LogP contribution is -2.47. The first-order chi connectivity index (χ1) is 11.7. The summed E-state index contributed by atoms with van der Waals surface area (Å²) in [6, 6.07) is 5.26. The fourth-order valence-electron chi connectivity index (χ4n) is 3.18. The number of aromatic nitrogens is 2. The molecule has 1 fully saturated rings. The van der Waals surface area contributed by atoms with E-state index < -0.39 is 0 Å². The van der Waals surface area contributed by atoms with Gasteiger partial charge in [0.2, 0.25) is 0 Å². The van der Waals surface area contributed by atoms with E-state index in [1.165, 1.54) is 10.6 Å². The van der Waals surface area contributed by atoms with Crippen LogP contribution in [0.25, 0.3) is 5.65 Å². The van der Waals surface area contributed by atoms with Crippen molar-refractivity contribution in [2.24, 2.45) is 5.41 Å². The van der Waals surface area contributed by atoms with Crippen molar-refractivity contribution in [1.82, 2.24) is 20.0 Å². The standard InChI is InChI=1S/C17H22N4O3.ClH/c1-24-12-17(5-7-18-8-6-17)11-20-15(22)13-10-19-14-4-2-3-9-21(14)16(13)23;/h2-4,9-10,18H,5-8,11-12H2,1H3,(H,20,22);1H. The number of hydrogen-bond donors (Lipinski definition) is 2. The van der Waals surface area contributed by atoms with Gasteiger partial charge in [0.25, 0.3) is 11.5 Å². The van der Waals surface area contributed by atoms with Crippen LogP contribution in [0.3, 0.4) is 0 Å². The molecule has 25 heavy (non-hydrogen) atoms. The van der Waals surface area contributed by atoms with Crippen LogP contribution in [0.2, 0.25) is 0 Å². The Morgan fingerprint density at radius 2 is 2.16 bits per heavy atom. The third-order valence-electron chi connectivity index (χ3n) is 4.60. The van der Waals surface area contributed by atoms with Crippen LogP contribution in [0.1, 0.15) is 23.2 Å². The van der Waals surface area contributed by atoms with Gasteiger partial charge < -0.3 is 15.4 Å². The number of nitrogens with zero attached hydrogens (tertiary/aromatic N) is 2. The zero-order valence-corrected chi connectivity index (χ0v) is 15.0. The predicted octanol–water partition coefficient (Wildman–Crippen LogP) is 0.862. The van der Waals surface area contributed by atoms with Gasteiger partial charge in [0, 0.05) is 31.5 Å². The summed E-state index contributed by atoms with van der Waals surface area (Å²) in [5, 5.41) is 6.21. The fraction of sp³-hybridized carbons (Fsp3) is 0.471. The molecule has 1 amide bonds. The largest absolute Gasteiger partial charge is 0.384 e. The van der Waals surface area contributed by atoms with Crippen molar-refractivity contribution in [2.45, 2.75) is 12.8 Å². The first-order valence-electron chi connectivity index (χ1n) is 8.09. The van der Waals surface area contributed by atoms with Gasteiger partial charge in [0.15, 0.2) is 0 Å². The molecule has 3 heterocycles. The van der Waals surface area contributed by atoms with Crippen LogP contribution >= 0.6 is 12.4 Å². The highest BCUT2D eigenvalue weighted by molar-refractivity contribution is 5.93. The number of carbonyl (C=O) groups is 1. The number of pyridine rings is 1. The van der Waals surface area contributed by atoms with Gasteiger partial charge in [-0.2, -0.15) is 0 Å². The van der Waals surface area contributed by atoms with Crippen molar-refractivity contribution >= 4 is 24.0 Å². The number of amides is 1. The van der Waals surface area contributed by atoms with E-state index in [2.05, 4.69) is 15.6 Å². The molecule has 0 spiro atoms. The van der Waals surface area contributed by atoms with E-state index >= 15 is 0 Å². The van der Waals surface area contributed by atoms with Gasteiger partial charge in [-0.25, -0.2) is 4.98 Å². The highest BCUT2D eigenvalue weighted by Gasteiger charge is 2.32.